The molecule has 20 heavy (non-hydrogen) atoms. The second-order valence-corrected chi connectivity index (χ2v) is 6.36. The smallest absolute Gasteiger partial charge is 0.236 e. The van der Waals surface area contributed by atoms with Crippen LogP contribution >= 0.6 is 0 Å². The van der Waals surface area contributed by atoms with Crippen LogP contribution in [-0.4, -0.2) is 38.4 Å². The molecular formula is C13H17N3O3S. The van der Waals surface area contributed by atoms with Crippen LogP contribution in [-0.2, 0) is 14.8 Å². The van der Waals surface area contributed by atoms with Gasteiger partial charge in [0.15, 0.2) is 0 Å². The van der Waals surface area contributed by atoms with E-state index >= 15 is 0 Å². The molecule has 1 aromatic rings. The first kappa shape index (κ1) is 14.8. The van der Waals surface area contributed by atoms with Crippen LogP contribution in [0.2, 0.25) is 0 Å². The third kappa shape index (κ3) is 3.93. The van der Waals surface area contributed by atoms with E-state index in [1.165, 1.54) is 6.20 Å². The summed E-state index contributed by atoms with van der Waals surface area (Å²) in [6, 6.07) is 3.30. The zero-order chi connectivity index (χ0) is 14.4. The minimum Gasteiger partial charge on any atom is -0.381 e. The summed E-state index contributed by atoms with van der Waals surface area (Å²) < 4.78 is 32.1. The van der Waals surface area contributed by atoms with Gasteiger partial charge in [-0.05, 0) is 25.0 Å². The maximum Gasteiger partial charge on any atom is 0.236 e. The quantitative estimate of drug-likeness (QED) is 0.783. The van der Waals surface area contributed by atoms with Gasteiger partial charge >= 0.3 is 0 Å². The highest BCUT2D eigenvalue weighted by atomic mass is 32.2. The second kappa shape index (κ2) is 6.70. The fourth-order valence-corrected chi connectivity index (χ4v) is 3.32. The Morgan fingerprint density at radius 1 is 1.45 bits per heavy atom. The minimum absolute atomic E-state index is 0.255. The normalized spacial score (nSPS) is 16.2. The van der Waals surface area contributed by atoms with E-state index in [1.54, 1.807) is 12.1 Å². The third-order valence-electron chi connectivity index (χ3n) is 2.95. The van der Waals surface area contributed by atoms with Crippen molar-refractivity contribution in [1.29, 1.82) is 0 Å². The Labute approximate surface area is 118 Å². The maximum atomic E-state index is 12.2. The number of rotatable bonds is 3. The number of pyridine rings is 1. The first-order valence-corrected chi connectivity index (χ1v) is 7.91. The van der Waals surface area contributed by atoms with Crippen LogP contribution in [0.5, 0.6) is 0 Å². The molecule has 1 aliphatic heterocycles. The Morgan fingerprint density at radius 3 is 2.90 bits per heavy atom. The maximum absolute atomic E-state index is 12.2. The molecule has 108 valence electrons. The topological polar surface area (TPSA) is 94.3 Å². The Morgan fingerprint density at radius 2 is 2.20 bits per heavy atom. The lowest BCUT2D eigenvalue weighted by Crippen LogP contribution is -2.33. The molecule has 1 aromatic heterocycles. The van der Waals surface area contributed by atoms with Crippen molar-refractivity contribution in [3.8, 4) is 11.8 Å². The highest BCUT2D eigenvalue weighted by Crippen LogP contribution is 2.18. The van der Waals surface area contributed by atoms with Crippen LogP contribution < -0.4 is 10.5 Å². The van der Waals surface area contributed by atoms with Gasteiger partial charge in [0, 0.05) is 25.0 Å². The van der Waals surface area contributed by atoms with Crippen LogP contribution in [0.4, 0.5) is 5.82 Å². The minimum atomic E-state index is -3.44. The molecule has 0 bridgehead atoms. The molecule has 0 spiro atoms. The van der Waals surface area contributed by atoms with Gasteiger partial charge in [-0.2, -0.15) is 0 Å². The van der Waals surface area contributed by atoms with E-state index in [2.05, 4.69) is 21.5 Å². The van der Waals surface area contributed by atoms with Gasteiger partial charge in [-0.15, -0.1) is 0 Å². The van der Waals surface area contributed by atoms with E-state index in [4.69, 9.17) is 10.5 Å². The van der Waals surface area contributed by atoms with Crippen molar-refractivity contribution in [3.05, 3.63) is 23.9 Å². The summed E-state index contributed by atoms with van der Waals surface area (Å²) in [4.78, 5) is 4.01. The first-order chi connectivity index (χ1) is 9.62. The summed E-state index contributed by atoms with van der Waals surface area (Å²) in [6.07, 6.45) is 2.52. The Hall–Kier alpha value is -1.62. The summed E-state index contributed by atoms with van der Waals surface area (Å²) in [7, 11) is -3.44. The lowest BCUT2D eigenvalue weighted by atomic mass is 10.2. The summed E-state index contributed by atoms with van der Waals surface area (Å²) in [5, 5.41) is -0.433. The summed E-state index contributed by atoms with van der Waals surface area (Å²) >= 11 is 0. The van der Waals surface area contributed by atoms with Gasteiger partial charge in [-0.3, -0.25) is 4.72 Å². The van der Waals surface area contributed by atoms with E-state index in [9.17, 15) is 8.42 Å². The van der Waals surface area contributed by atoms with Crippen molar-refractivity contribution in [3.63, 3.8) is 0 Å². The van der Waals surface area contributed by atoms with Gasteiger partial charge in [-0.25, -0.2) is 13.4 Å². The van der Waals surface area contributed by atoms with Crippen LogP contribution in [0.25, 0.3) is 0 Å². The fourth-order valence-electron chi connectivity index (χ4n) is 1.93. The largest absolute Gasteiger partial charge is 0.381 e. The first-order valence-electron chi connectivity index (χ1n) is 6.36. The predicted molar refractivity (Wildman–Crippen MR) is 76.6 cm³/mol. The number of aromatic nitrogens is 1. The number of sulfonamides is 1. The van der Waals surface area contributed by atoms with Crippen molar-refractivity contribution in [2.45, 2.75) is 18.1 Å². The van der Waals surface area contributed by atoms with Crippen molar-refractivity contribution < 1.29 is 13.2 Å². The number of nitrogens with one attached hydrogen (secondary N) is 1. The molecule has 2 rings (SSSR count). The molecule has 1 saturated heterocycles. The Bertz CT molecular complexity index is 613. The standard InChI is InChI=1S/C13H17N3O3S/c14-6-1-2-11-3-7-15-13(10-11)16-20(17,18)12-4-8-19-9-5-12/h3,7,10,12H,4-6,8-9,14H2,(H,15,16). The molecule has 0 aromatic carbocycles. The number of ether oxygens (including phenoxy) is 1. The van der Waals surface area contributed by atoms with E-state index in [-0.39, 0.29) is 12.4 Å². The van der Waals surface area contributed by atoms with Crippen LogP contribution in [0.15, 0.2) is 18.3 Å². The molecule has 0 radical (unpaired) electrons. The zero-order valence-electron chi connectivity index (χ0n) is 11.0. The van der Waals surface area contributed by atoms with E-state index in [0.717, 1.165) is 0 Å². The molecule has 0 amide bonds. The summed E-state index contributed by atoms with van der Waals surface area (Å²) in [5.41, 5.74) is 5.98. The lowest BCUT2D eigenvalue weighted by Gasteiger charge is -2.22. The molecule has 0 aliphatic carbocycles. The average molecular weight is 295 g/mol. The van der Waals surface area contributed by atoms with Crippen molar-refractivity contribution in [2.24, 2.45) is 5.73 Å². The molecule has 1 fully saturated rings. The molecule has 2 heterocycles. The molecular weight excluding hydrogens is 278 g/mol. The highest BCUT2D eigenvalue weighted by Gasteiger charge is 2.27. The molecule has 1 aliphatic rings. The molecule has 0 unspecified atom stereocenters. The number of hydrogen-bond acceptors (Lipinski definition) is 5. The van der Waals surface area contributed by atoms with Crippen molar-refractivity contribution in [2.75, 3.05) is 24.5 Å². The van der Waals surface area contributed by atoms with Gasteiger partial charge in [0.25, 0.3) is 0 Å². The lowest BCUT2D eigenvalue weighted by molar-refractivity contribution is 0.0984. The summed E-state index contributed by atoms with van der Waals surface area (Å²) in [6.45, 7) is 1.20. The molecule has 0 atom stereocenters. The summed E-state index contributed by atoms with van der Waals surface area (Å²) in [5.74, 6) is 5.83. The van der Waals surface area contributed by atoms with Crippen LogP contribution in [0, 0.1) is 11.8 Å². The molecule has 6 nitrogen and oxygen atoms in total. The second-order valence-electron chi connectivity index (χ2n) is 4.39. The Kier molecular flexibility index (Phi) is 4.95. The van der Waals surface area contributed by atoms with Crippen LogP contribution in [0.1, 0.15) is 18.4 Å². The van der Waals surface area contributed by atoms with E-state index in [0.29, 0.717) is 31.6 Å². The molecule has 3 N–H and O–H groups in total. The van der Waals surface area contributed by atoms with Crippen molar-refractivity contribution >= 4 is 15.8 Å². The van der Waals surface area contributed by atoms with Gasteiger partial charge in [-0.1, -0.05) is 11.8 Å². The van der Waals surface area contributed by atoms with Gasteiger partial charge in [0.05, 0.1) is 11.8 Å². The SMILES string of the molecule is NCC#Cc1ccnc(NS(=O)(=O)C2CCOCC2)c1. The molecule has 7 heteroatoms. The van der Waals surface area contributed by atoms with E-state index < -0.39 is 15.3 Å². The Balaban J connectivity index is 2.12. The zero-order valence-corrected chi connectivity index (χ0v) is 11.8. The highest BCUT2D eigenvalue weighted by molar-refractivity contribution is 7.93. The predicted octanol–water partition coefficient (Wildman–Crippen LogP) is 0.312. The third-order valence-corrected chi connectivity index (χ3v) is 4.79. The van der Waals surface area contributed by atoms with E-state index in [1.807, 2.05) is 0 Å². The number of nitrogens with two attached hydrogens (primary N) is 1. The van der Waals surface area contributed by atoms with Crippen molar-refractivity contribution in [1.82, 2.24) is 4.98 Å². The number of hydrogen-bond donors (Lipinski definition) is 2. The number of nitrogens with zero attached hydrogens (tertiary/aromatic N) is 1. The molecule has 0 saturated carbocycles. The van der Waals surface area contributed by atoms with Gasteiger partial charge in [0.2, 0.25) is 10.0 Å². The average Bonchev–Trinajstić information content (AvgIpc) is 2.46. The number of anilines is 1. The monoisotopic (exact) mass is 295 g/mol. The van der Waals surface area contributed by atoms with Gasteiger partial charge < -0.3 is 10.5 Å². The van der Waals surface area contributed by atoms with Crippen LogP contribution in [0.3, 0.4) is 0 Å². The fraction of sp³-hybridized carbons (Fsp3) is 0.462. The van der Waals surface area contributed by atoms with Gasteiger partial charge in [0.1, 0.15) is 5.82 Å².